The lowest BCUT2D eigenvalue weighted by Gasteiger charge is -2.03. The van der Waals surface area contributed by atoms with Crippen LogP contribution in [-0.2, 0) is 0 Å². The van der Waals surface area contributed by atoms with E-state index >= 15 is 0 Å². The number of carbonyl (C=O) groups is 2. The molecule has 0 radical (unpaired) electrons. The summed E-state index contributed by atoms with van der Waals surface area (Å²) in [7, 11) is 0. The zero-order chi connectivity index (χ0) is 20.3. The molecule has 0 heterocycles. The van der Waals surface area contributed by atoms with Gasteiger partial charge in [-0.3, -0.25) is 14.9 Å². The number of hydrogen-bond donors (Lipinski definition) is 1. The number of nitrogens with one attached hydrogen (secondary N) is 1. The van der Waals surface area contributed by atoms with Crippen LogP contribution < -0.4 is 5.32 Å². The Morgan fingerprint density at radius 3 is 1.00 bits per heavy atom. The molecule has 0 atom stereocenters. The van der Waals surface area contributed by atoms with Crippen LogP contribution >= 0.6 is 0 Å². The Hall–Kier alpha value is -3.98. The van der Waals surface area contributed by atoms with Crippen LogP contribution in [0, 0.1) is 0 Å². The van der Waals surface area contributed by atoms with Crippen LogP contribution in [0.25, 0.3) is 11.1 Å². The van der Waals surface area contributed by atoms with Gasteiger partial charge in [-0.1, -0.05) is 97.1 Å². The maximum atomic E-state index is 11.7. The van der Waals surface area contributed by atoms with E-state index in [1.54, 1.807) is 48.5 Å². The van der Waals surface area contributed by atoms with Gasteiger partial charge in [0.05, 0.1) is 0 Å². The molecule has 29 heavy (non-hydrogen) atoms. The molecule has 0 spiro atoms. The van der Waals surface area contributed by atoms with Gasteiger partial charge < -0.3 is 0 Å². The number of carbonyl (C=O) groups excluding carboxylic acids is 2. The first-order chi connectivity index (χ1) is 14.2. The summed E-state index contributed by atoms with van der Waals surface area (Å²) in [4.78, 5) is 23.4. The second kappa shape index (κ2) is 10.4. The Morgan fingerprint density at radius 1 is 0.414 bits per heavy atom. The van der Waals surface area contributed by atoms with Crippen molar-refractivity contribution in [1.82, 2.24) is 5.32 Å². The molecule has 0 aromatic heterocycles. The topological polar surface area (TPSA) is 46.2 Å². The highest BCUT2D eigenvalue weighted by atomic mass is 16.2. The summed E-state index contributed by atoms with van der Waals surface area (Å²) in [5.74, 6) is -0.779. The van der Waals surface area contributed by atoms with E-state index in [1.807, 2.05) is 24.3 Å². The quantitative estimate of drug-likeness (QED) is 0.470. The van der Waals surface area contributed by atoms with Gasteiger partial charge in [0.25, 0.3) is 11.8 Å². The van der Waals surface area contributed by atoms with Crippen LogP contribution in [-0.4, -0.2) is 11.8 Å². The second-order valence-corrected chi connectivity index (χ2v) is 6.25. The maximum absolute atomic E-state index is 11.7. The lowest BCUT2D eigenvalue weighted by Crippen LogP contribution is -2.30. The summed E-state index contributed by atoms with van der Waals surface area (Å²) in [6.07, 6.45) is 0. The predicted molar refractivity (Wildman–Crippen MR) is 117 cm³/mol. The van der Waals surface area contributed by atoms with Crippen molar-refractivity contribution in [1.29, 1.82) is 0 Å². The standard InChI is InChI=1S/C14H11NO2.C12H10/c16-13(11-7-3-1-4-8-11)15-14(17)12-9-5-2-6-10-12;1-3-7-11(8-4-1)12-9-5-2-6-10-12/h1-10H,(H,15,16,17);1-10H. The highest BCUT2D eigenvalue weighted by Crippen LogP contribution is 2.17. The lowest BCUT2D eigenvalue weighted by molar-refractivity contribution is 0.0849. The fourth-order valence-electron chi connectivity index (χ4n) is 2.69. The zero-order valence-corrected chi connectivity index (χ0v) is 15.9. The van der Waals surface area contributed by atoms with Crippen molar-refractivity contribution >= 4 is 11.8 Å². The third-order valence-corrected chi connectivity index (χ3v) is 4.18. The van der Waals surface area contributed by atoms with E-state index in [2.05, 4.69) is 53.8 Å². The smallest absolute Gasteiger partial charge is 0.258 e. The zero-order valence-electron chi connectivity index (χ0n) is 15.9. The lowest BCUT2D eigenvalue weighted by atomic mass is 10.1. The molecule has 0 unspecified atom stereocenters. The van der Waals surface area contributed by atoms with Crippen LogP contribution in [0.4, 0.5) is 0 Å². The number of amides is 2. The normalized spacial score (nSPS) is 9.66. The maximum Gasteiger partial charge on any atom is 0.258 e. The molecule has 0 aliphatic rings. The first-order valence-electron chi connectivity index (χ1n) is 9.30. The van der Waals surface area contributed by atoms with Gasteiger partial charge in [-0.15, -0.1) is 0 Å². The Labute approximate surface area is 170 Å². The Morgan fingerprint density at radius 2 is 0.690 bits per heavy atom. The van der Waals surface area contributed by atoms with E-state index in [0.29, 0.717) is 11.1 Å². The summed E-state index contributed by atoms with van der Waals surface area (Å²) >= 11 is 0. The summed E-state index contributed by atoms with van der Waals surface area (Å²) in [5, 5.41) is 2.33. The minimum Gasteiger partial charge on any atom is -0.288 e. The SMILES string of the molecule is O=C(NC(=O)c1ccccc1)c1ccccc1.c1ccc(-c2ccccc2)cc1. The molecule has 4 aromatic rings. The molecule has 0 bridgehead atoms. The molecule has 0 aliphatic heterocycles. The van der Waals surface area contributed by atoms with Gasteiger partial charge in [-0.05, 0) is 35.4 Å². The molecule has 0 aliphatic carbocycles. The van der Waals surface area contributed by atoms with Crippen molar-refractivity contribution in [2.75, 3.05) is 0 Å². The highest BCUT2D eigenvalue weighted by Gasteiger charge is 2.10. The first-order valence-corrected chi connectivity index (χ1v) is 9.30. The summed E-state index contributed by atoms with van der Waals surface area (Å²) in [5.41, 5.74) is 3.49. The van der Waals surface area contributed by atoms with Crippen molar-refractivity contribution in [3.63, 3.8) is 0 Å². The minimum absolute atomic E-state index is 0.389. The molecule has 0 saturated heterocycles. The molecule has 4 rings (SSSR count). The fraction of sp³-hybridized carbons (Fsp3) is 0. The Kier molecular flexibility index (Phi) is 7.08. The van der Waals surface area contributed by atoms with Crippen molar-refractivity contribution in [2.24, 2.45) is 0 Å². The van der Waals surface area contributed by atoms with Crippen LogP contribution in [0.3, 0.4) is 0 Å². The number of rotatable bonds is 3. The molecule has 3 nitrogen and oxygen atoms in total. The summed E-state index contributed by atoms with van der Waals surface area (Å²) in [6.45, 7) is 0. The Bertz CT molecular complexity index is 944. The average molecular weight is 379 g/mol. The molecular formula is C26H21NO2. The third kappa shape index (κ3) is 6.01. The molecular weight excluding hydrogens is 358 g/mol. The van der Waals surface area contributed by atoms with Gasteiger partial charge in [-0.2, -0.15) is 0 Å². The van der Waals surface area contributed by atoms with E-state index in [4.69, 9.17) is 0 Å². The van der Waals surface area contributed by atoms with E-state index in [-0.39, 0.29) is 11.8 Å². The van der Waals surface area contributed by atoms with Crippen molar-refractivity contribution in [3.05, 3.63) is 132 Å². The molecule has 4 aromatic carbocycles. The number of hydrogen-bond acceptors (Lipinski definition) is 2. The highest BCUT2D eigenvalue weighted by molar-refractivity contribution is 6.10. The third-order valence-electron chi connectivity index (χ3n) is 4.18. The van der Waals surface area contributed by atoms with Crippen molar-refractivity contribution in [2.45, 2.75) is 0 Å². The van der Waals surface area contributed by atoms with Crippen LogP contribution in [0.2, 0.25) is 0 Å². The van der Waals surface area contributed by atoms with Gasteiger partial charge >= 0.3 is 0 Å². The van der Waals surface area contributed by atoms with Gasteiger partial charge in [0.1, 0.15) is 0 Å². The molecule has 1 N–H and O–H groups in total. The van der Waals surface area contributed by atoms with Gasteiger partial charge in [0.15, 0.2) is 0 Å². The number of imide groups is 1. The summed E-state index contributed by atoms with van der Waals surface area (Å²) in [6, 6.07) is 38.1. The van der Waals surface area contributed by atoms with Crippen molar-refractivity contribution in [3.8, 4) is 11.1 Å². The van der Waals surface area contributed by atoms with Crippen LogP contribution in [0.5, 0.6) is 0 Å². The predicted octanol–water partition coefficient (Wildman–Crippen LogP) is 5.61. The fourth-order valence-corrected chi connectivity index (χ4v) is 2.69. The second-order valence-electron chi connectivity index (χ2n) is 6.25. The molecule has 142 valence electrons. The van der Waals surface area contributed by atoms with Gasteiger partial charge in [0.2, 0.25) is 0 Å². The molecule has 2 amide bonds. The average Bonchev–Trinajstić information content (AvgIpc) is 2.82. The number of benzene rings is 4. The van der Waals surface area contributed by atoms with Crippen molar-refractivity contribution < 1.29 is 9.59 Å². The first kappa shape index (κ1) is 19.8. The monoisotopic (exact) mass is 379 g/mol. The van der Waals surface area contributed by atoms with Crippen LogP contribution in [0.15, 0.2) is 121 Å². The van der Waals surface area contributed by atoms with E-state index in [1.165, 1.54) is 11.1 Å². The Balaban J connectivity index is 0.000000176. The van der Waals surface area contributed by atoms with Crippen LogP contribution in [0.1, 0.15) is 20.7 Å². The van der Waals surface area contributed by atoms with E-state index < -0.39 is 0 Å². The molecule has 0 fully saturated rings. The molecule has 0 saturated carbocycles. The van der Waals surface area contributed by atoms with E-state index in [9.17, 15) is 9.59 Å². The summed E-state index contributed by atoms with van der Waals surface area (Å²) < 4.78 is 0. The van der Waals surface area contributed by atoms with E-state index in [0.717, 1.165) is 0 Å². The molecule has 3 heteroatoms. The minimum atomic E-state index is -0.389. The van der Waals surface area contributed by atoms with Gasteiger partial charge in [-0.25, -0.2) is 0 Å². The largest absolute Gasteiger partial charge is 0.288 e. The van der Waals surface area contributed by atoms with Gasteiger partial charge in [0, 0.05) is 11.1 Å².